The van der Waals surface area contributed by atoms with Gasteiger partial charge in [-0.1, -0.05) is 19.4 Å². The quantitative estimate of drug-likeness (QED) is 0.716. The Kier molecular flexibility index (Phi) is 3.83. The third kappa shape index (κ3) is 1.98. The molecule has 4 N–H and O–H groups in total. The minimum Gasteiger partial charge on any atom is -0.412 e. The molecule has 0 saturated heterocycles. The average molecular weight is 322 g/mol. The molecule has 4 aliphatic rings. The van der Waals surface area contributed by atoms with Gasteiger partial charge in [0.15, 0.2) is 5.78 Å². The zero-order valence-corrected chi connectivity index (χ0v) is 14.3. The van der Waals surface area contributed by atoms with Crippen LogP contribution in [0.25, 0.3) is 0 Å². The monoisotopic (exact) mass is 322 g/mol. The number of rotatable bonds is 0. The van der Waals surface area contributed by atoms with E-state index in [0.717, 1.165) is 44.9 Å². The molecule has 0 aromatic rings. The summed E-state index contributed by atoms with van der Waals surface area (Å²) in [6.45, 7) is 4.42. The van der Waals surface area contributed by atoms with E-state index in [9.17, 15) is 15.0 Å². The molecular formula is C19H30O4. The third-order valence-electron chi connectivity index (χ3n) is 8.10. The molecule has 0 unspecified atom stereocenters. The Morgan fingerprint density at radius 1 is 1.04 bits per heavy atom. The first-order valence-corrected chi connectivity index (χ1v) is 8.96. The Labute approximate surface area is 138 Å². The predicted octanol–water partition coefficient (Wildman–Crippen LogP) is 2.17. The van der Waals surface area contributed by atoms with Crippen LogP contribution in [0.1, 0.15) is 65.2 Å². The van der Waals surface area contributed by atoms with Gasteiger partial charge in [-0.05, 0) is 68.3 Å². The Morgan fingerprint density at radius 3 is 2.52 bits per heavy atom. The van der Waals surface area contributed by atoms with Gasteiger partial charge < -0.3 is 15.7 Å². The van der Waals surface area contributed by atoms with Gasteiger partial charge in [0.25, 0.3) is 0 Å². The smallest absolute Gasteiger partial charge is 0.155 e. The summed E-state index contributed by atoms with van der Waals surface area (Å²) < 4.78 is 0. The van der Waals surface area contributed by atoms with E-state index in [1.165, 1.54) is 5.57 Å². The Morgan fingerprint density at radius 2 is 1.78 bits per heavy atom. The lowest BCUT2D eigenvalue weighted by atomic mass is 9.46. The number of ketones is 1. The number of hydrogen-bond donors (Lipinski definition) is 2. The van der Waals surface area contributed by atoms with E-state index in [0.29, 0.717) is 12.3 Å². The van der Waals surface area contributed by atoms with Gasteiger partial charge >= 0.3 is 0 Å². The van der Waals surface area contributed by atoms with Crippen molar-refractivity contribution >= 4 is 5.78 Å². The number of carbonyl (C=O) groups excluding carboxylic acids is 1. The summed E-state index contributed by atoms with van der Waals surface area (Å²) in [6, 6.07) is 0. The Bertz CT molecular complexity index is 556. The summed E-state index contributed by atoms with van der Waals surface area (Å²) in [4.78, 5) is 11.8. The normalized spacial score (nSPS) is 51.9. The maximum atomic E-state index is 11.8. The molecule has 4 nitrogen and oxygen atoms in total. The first-order chi connectivity index (χ1) is 10.3. The lowest BCUT2D eigenvalue weighted by molar-refractivity contribution is -0.192. The van der Waals surface area contributed by atoms with Crippen molar-refractivity contribution < 1.29 is 20.5 Å². The van der Waals surface area contributed by atoms with E-state index >= 15 is 0 Å². The van der Waals surface area contributed by atoms with Gasteiger partial charge in [0.05, 0.1) is 11.7 Å². The lowest BCUT2D eigenvalue weighted by Crippen LogP contribution is -2.61. The third-order valence-corrected chi connectivity index (χ3v) is 8.10. The molecule has 4 rings (SSSR count). The van der Waals surface area contributed by atoms with Crippen molar-refractivity contribution in [3.05, 3.63) is 11.6 Å². The van der Waals surface area contributed by atoms with Crippen LogP contribution in [-0.2, 0) is 4.79 Å². The van der Waals surface area contributed by atoms with Crippen LogP contribution < -0.4 is 0 Å². The van der Waals surface area contributed by atoms with Gasteiger partial charge in [0.1, 0.15) is 0 Å². The molecule has 0 aliphatic heterocycles. The molecule has 130 valence electrons. The molecule has 0 aromatic carbocycles. The second-order valence-electron chi connectivity index (χ2n) is 8.74. The molecule has 0 spiro atoms. The number of hydrogen-bond acceptors (Lipinski definition) is 3. The predicted molar refractivity (Wildman–Crippen MR) is 87.8 cm³/mol. The van der Waals surface area contributed by atoms with Crippen molar-refractivity contribution in [2.24, 2.45) is 22.7 Å². The van der Waals surface area contributed by atoms with Crippen molar-refractivity contribution in [2.45, 2.75) is 76.9 Å². The zero-order chi connectivity index (χ0) is 15.8. The van der Waals surface area contributed by atoms with Gasteiger partial charge in [-0.15, -0.1) is 0 Å². The number of aliphatic hydroxyl groups is 2. The van der Waals surface area contributed by atoms with E-state index in [-0.39, 0.29) is 34.1 Å². The highest BCUT2D eigenvalue weighted by molar-refractivity contribution is 5.91. The second-order valence-corrected chi connectivity index (χ2v) is 8.74. The SMILES string of the molecule is C[C@]12CCC(=O)C=C1CC[C@@H]1[C@@H]2CC[C@]2(C)[C@@H](O)CC[C@@]12O.O. The van der Waals surface area contributed by atoms with Crippen LogP contribution in [0, 0.1) is 22.7 Å². The van der Waals surface area contributed by atoms with E-state index in [1.54, 1.807) is 0 Å². The van der Waals surface area contributed by atoms with Gasteiger partial charge in [-0.2, -0.15) is 0 Å². The fourth-order valence-corrected chi connectivity index (χ4v) is 6.50. The maximum absolute atomic E-state index is 11.8. The standard InChI is InChI=1S/C19H28O3.H2O/c1-17-8-5-13(20)11-12(17)3-4-15-14(17)6-9-18(2)16(21)7-10-19(15,18)22;/h11,14-16,21-22H,3-10H2,1-2H3;1H2/t14-,15+,16-,17-,18+,19+;/m0./s1. The number of aliphatic hydroxyl groups excluding tert-OH is 1. The minimum atomic E-state index is -0.717. The fourth-order valence-electron chi connectivity index (χ4n) is 6.50. The number of carbonyl (C=O) groups is 1. The van der Waals surface area contributed by atoms with Crippen molar-refractivity contribution in [1.29, 1.82) is 0 Å². The topological polar surface area (TPSA) is 89.0 Å². The van der Waals surface area contributed by atoms with Crippen molar-refractivity contribution in [3.63, 3.8) is 0 Å². The van der Waals surface area contributed by atoms with E-state index in [4.69, 9.17) is 0 Å². The van der Waals surface area contributed by atoms with Crippen molar-refractivity contribution in [2.75, 3.05) is 0 Å². The molecule has 4 heteroatoms. The summed E-state index contributed by atoms with van der Waals surface area (Å²) in [6.07, 6.45) is 8.49. The van der Waals surface area contributed by atoms with Crippen LogP contribution in [0.3, 0.4) is 0 Å². The van der Waals surface area contributed by atoms with Gasteiger partial charge in [-0.25, -0.2) is 0 Å². The van der Waals surface area contributed by atoms with Crippen LogP contribution in [0.15, 0.2) is 11.6 Å². The van der Waals surface area contributed by atoms with Gasteiger partial charge in [0, 0.05) is 11.8 Å². The molecule has 0 amide bonds. The van der Waals surface area contributed by atoms with Crippen LogP contribution in [-0.4, -0.2) is 33.2 Å². The van der Waals surface area contributed by atoms with E-state index in [1.807, 2.05) is 6.08 Å². The molecule has 3 fully saturated rings. The molecule has 6 atom stereocenters. The van der Waals surface area contributed by atoms with Gasteiger partial charge in [-0.3, -0.25) is 4.79 Å². The molecule has 3 saturated carbocycles. The van der Waals surface area contributed by atoms with Gasteiger partial charge in [0.2, 0.25) is 0 Å². The summed E-state index contributed by atoms with van der Waals surface area (Å²) >= 11 is 0. The minimum absolute atomic E-state index is 0. The molecule has 0 aromatic heterocycles. The summed E-state index contributed by atoms with van der Waals surface area (Å²) in [5.74, 6) is 1.02. The maximum Gasteiger partial charge on any atom is 0.155 e. The number of allylic oxidation sites excluding steroid dienone is 1. The summed E-state index contributed by atoms with van der Waals surface area (Å²) in [5.41, 5.74) is 0.360. The summed E-state index contributed by atoms with van der Waals surface area (Å²) in [7, 11) is 0. The first kappa shape index (κ1) is 17.1. The molecule has 4 aliphatic carbocycles. The van der Waals surface area contributed by atoms with Crippen molar-refractivity contribution in [1.82, 2.24) is 0 Å². The second kappa shape index (κ2) is 5.14. The number of fused-ring (bicyclic) bond motifs is 5. The van der Waals surface area contributed by atoms with Crippen LogP contribution in [0.4, 0.5) is 0 Å². The Hall–Kier alpha value is -0.710. The summed E-state index contributed by atoms with van der Waals surface area (Å²) in [5, 5.41) is 22.0. The van der Waals surface area contributed by atoms with Crippen LogP contribution in [0.2, 0.25) is 0 Å². The molecule has 0 bridgehead atoms. The highest BCUT2D eigenvalue weighted by Crippen LogP contribution is 2.66. The molecular weight excluding hydrogens is 292 g/mol. The van der Waals surface area contributed by atoms with Crippen LogP contribution >= 0.6 is 0 Å². The molecule has 0 radical (unpaired) electrons. The Balaban J connectivity index is 0.00000156. The average Bonchev–Trinajstić information content (AvgIpc) is 2.72. The van der Waals surface area contributed by atoms with Crippen LogP contribution in [0.5, 0.6) is 0 Å². The first-order valence-electron chi connectivity index (χ1n) is 8.96. The molecule has 0 heterocycles. The van der Waals surface area contributed by atoms with E-state index < -0.39 is 5.60 Å². The van der Waals surface area contributed by atoms with E-state index in [2.05, 4.69) is 13.8 Å². The lowest BCUT2D eigenvalue weighted by Gasteiger charge is -2.61. The largest absolute Gasteiger partial charge is 0.412 e. The highest BCUT2D eigenvalue weighted by atomic mass is 16.3. The molecule has 23 heavy (non-hydrogen) atoms. The highest BCUT2D eigenvalue weighted by Gasteiger charge is 2.66. The van der Waals surface area contributed by atoms with Crippen molar-refractivity contribution in [3.8, 4) is 0 Å². The zero-order valence-electron chi connectivity index (χ0n) is 14.3. The fraction of sp³-hybridized carbons (Fsp3) is 0.842.